The van der Waals surface area contributed by atoms with E-state index in [1.807, 2.05) is 6.92 Å². The van der Waals surface area contributed by atoms with E-state index >= 15 is 0 Å². The third kappa shape index (κ3) is 2.86. The van der Waals surface area contributed by atoms with Gasteiger partial charge in [0.1, 0.15) is 0 Å². The molecule has 1 aliphatic carbocycles. The van der Waals surface area contributed by atoms with Gasteiger partial charge in [-0.25, -0.2) is 8.42 Å². The van der Waals surface area contributed by atoms with E-state index < -0.39 is 21.2 Å². The summed E-state index contributed by atoms with van der Waals surface area (Å²) in [7, 11) is -2.08. The first-order chi connectivity index (χ1) is 9.37. The van der Waals surface area contributed by atoms with Crippen molar-refractivity contribution in [2.45, 2.75) is 57.2 Å². The molecule has 0 amide bonds. The van der Waals surface area contributed by atoms with E-state index in [0.717, 1.165) is 19.3 Å². The van der Waals surface area contributed by atoms with Crippen LogP contribution in [-0.2, 0) is 19.6 Å². The lowest BCUT2D eigenvalue weighted by Gasteiger charge is -2.37. The lowest BCUT2D eigenvalue weighted by atomic mass is 9.95. The van der Waals surface area contributed by atoms with Crippen molar-refractivity contribution in [2.75, 3.05) is 13.7 Å². The molecular weight excluding hydrogens is 278 g/mol. The molecule has 1 heterocycles. The molecule has 1 saturated heterocycles. The van der Waals surface area contributed by atoms with Crippen LogP contribution in [0.3, 0.4) is 0 Å². The first-order valence-corrected chi connectivity index (χ1v) is 8.96. The predicted molar refractivity (Wildman–Crippen MR) is 76.6 cm³/mol. The Morgan fingerprint density at radius 3 is 2.50 bits per heavy atom. The van der Waals surface area contributed by atoms with Gasteiger partial charge >= 0.3 is 5.97 Å². The van der Waals surface area contributed by atoms with E-state index in [0.29, 0.717) is 25.3 Å². The van der Waals surface area contributed by atoms with Gasteiger partial charge in [0.25, 0.3) is 0 Å². The molecule has 0 aromatic rings. The molecule has 1 aliphatic heterocycles. The van der Waals surface area contributed by atoms with Gasteiger partial charge in [0, 0.05) is 12.6 Å². The summed E-state index contributed by atoms with van der Waals surface area (Å²) in [6.45, 7) is 4.71. The highest BCUT2D eigenvalue weighted by molar-refractivity contribution is 7.89. The van der Waals surface area contributed by atoms with Crippen LogP contribution in [0.25, 0.3) is 0 Å². The Morgan fingerprint density at radius 1 is 1.20 bits per heavy atom. The van der Waals surface area contributed by atoms with Crippen LogP contribution in [0, 0.1) is 11.8 Å². The normalized spacial score (nSPS) is 36.0. The molecular formula is C14H25NO4S. The van der Waals surface area contributed by atoms with Gasteiger partial charge in [-0.15, -0.1) is 0 Å². The number of rotatable bonds is 3. The first-order valence-electron chi connectivity index (χ1n) is 7.46. The average molecular weight is 303 g/mol. The number of methoxy groups -OCH3 is 1. The Kier molecular flexibility index (Phi) is 4.74. The van der Waals surface area contributed by atoms with Gasteiger partial charge in [-0.05, 0) is 38.5 Å². The van der Waals surface area contributed by atoms with Crippen molar-refractivity contribution in [1.82, 2.24) is 4.31 Å². The topological polar surface area (TPSA) is 63.7 Å². The van der Waals surface area contributed by atoms with Crippen molar-refractivity contribution in [3.05, 3.63) is 0 Å². The van der Waals surface area contributed by atoms with Crippen molar-refractivity contribution < 1.29 is 17.9 Å². The van der Waals surface area contributed by atoms with Gasteiger partial charge in [-0.3, -0.25) is 4.79 Å². The van der Waals surface area contributed by atoms with Crippen LogP contribution in [0.15, 0.2) is 0 Å². The summed E-state index contributed by atoms with van der Waals surface area (Å²) in [4.78, 5) is 11.8. The largest absolute Gasteiger partial charge is 0.469 e. The molecule has 0 spiro atoms. The second-order valence-electron chi connectivity index (χ2n) is 6.23. The van der Waals surface area contributed by atoms with Crippen molar-refractivity contribution >= 4 is 16.0 Å². The number of piperidine rings is 1. The molecule has 1 saturated carbocycles. The van der Waals surface area contributed by atoms with Crippen LogP contribution in [0.2, 0.25) is 0 Å². The Bertz CT molecular complexity index is 462. The number of nitrogens with zero attached hydrogens (tertiary/aromatic N) is 1. The highest BCUT2D eigenvalue weighted by Crippen LogP contribution is 2.36. The zero-order valence-corrected chi connectivity index (χ0v) is 13.4. The minimum Gasteiger partial charge on any atom is -0.469 e. The predicted octanol–water partition coefficient (Wildman–Crippen LogP) is 1.78. The van der Waals surface area contributed by atoms with Crippen LogP contribution in [0.1, 0.15) is 46.0 Å². The Morgan fingerprint density at radius 2 is 1.90 bits per heavy atom. The number of sulfonamides is 1. The van der Waals surface area contributed by atoms with Gasteiger partial charge in [0.15, 0.2) is 0 Å². The molecule has 20 heavy (non-hydrogen) atoms. The molecule has 0 bridgehead atoms. The summed E-state index contributed by atoms with van der Waals surface area (Å²) in [6, 6.07) is 0.0302. The number of carbonyl (C=O) groups excluding carboxylic acids is 1. The maximum Gasteiger partial charge on any atom is 0.310 e. The number of hydrogen-bond acceptors (Lipinski definition) is 4. The van der Waals surface area contributed by atoms with E-state index in [4.69, 9.17) is 4.74 Å². The molecule has 4 unspecified atom stereocenters. The number of hydrogen-bond donors (Lipinski definition) is 0. The van der Waals surface area contributed by atoms with E-state index in [1.165, 1.54) is 7.11 Å². The number of esters is 1. The summed E-state index contributed by atoms with van der Waals surface area (Å²) in [5.41, 5.74) is 0. The molecule has 2 rings (SSSR count). The van der Waals surface area contributed by atoms with Crippen molar-refractivity contribution in [3.8, 4) is 0 Å². The van der Waals surface area contributed by atoms with Crippen molar-refractivity contribution in [1.29, 1.82) is 0 Å². The first kappa shape index (κ1) is 15.8. The molecule has 0 N–H and O–H groups in total. The molecule has 6 heteroatoms. The molecule has 2 aliphatic rings. The number of carbonyl (C=O) groups is 1. The smallest absolute Gasteiger partial charge is 0.310 e. The molecule has 2 fully saturated rings. The summed E-state index contributed by atoms with van der Waals surface area (Å²) in [5, 5.41) is -0.592. The van der Waals surface area contributed by atoms with Gasteiger partial charge in [-0.1, -0.05) is 13.3 Å². The molecule has 0 aromatic heterocycles. The van der Waals surface area contributed by atoms with Crippen LogP contribution < -0.4 is 0 Å². The Labute approximate surface area is 121 Å². The fourth-order valence-electron chi connectivity index (χ4n) is 3.64. The zero-order chi connectivity index (χ0) is 14.9. The maximum atomic E-state index is 12.9. The lowest BCUT2D eigenvalue weighted by molar-refractivity contribution is -0.145. The highest BCUT2D eigenvalue weighted by Gasteiger charge is 2.46. The van der Waals surface area contributed by atoms with E-state index in [9.17, 15) is 13.2 Å². The molecule has 0 radical (unpaired) electrons. The standard InChI is InChI=1S/C14H25NO4S/c1-10-7-8-15(11(2)9-10)20(17,18)13-6-4-5-12(13)14(16)19-3/h10-13H,4-9H2,1-3H3. The third-order valence-electron chi connectivity index (χ3n) is 4.74. The third-order valence-corrected chi connectivity index (χ3v) is 7.27. The molecule has 116 valence electrons. The SMILES string of the molecule is COC(=O)C1CCCC1S(=O)(=O)N1CCC(C)CC1C. The molecule has 0 aromatic carbocycles. The van der Waals surface area contributed by atoms with Crippen LogP contribution in [0.5, 0.6) is 0 Å². The fourth-order valence-corrected chi connectivity index (χ4v) is 6.06. The summed E-state index contributed by atoms with van der Waals surface area (Å²) in [6.07, 6.45) is 3.77. The van der Waals surface area contributed by atoms with Crippen molar-refractivity contribution in [3.63, 3.8) is 0 Å². The van der Waals surface area contributed by atoms with Gasteiger partial charge in [0.05, 0.1) is 18.3 Å². The van der Waals surface area contributed by atoms with Gasteiger partial charge < -0.3 is 4.74 Å². The summed E-state index contributed by atoms with van der Waals surface area (Å²) in [5.74, 6) is -0.304. The lowest BCUT2D eigenvalue weighted by Crippen LogP contribution is -2.49. The number of ether oxygens (including phenoxy) is 1. The second-order valence-corrected chi connectivity index (χ2v) is 8.34. The van der Waals surface area contributed by atoms with E-state index in [2.05, 4.69) is 6.92 Å². The van der Waals surface area contributed by atoms with Crippen LogP contribution in [-0.4, -0.2) is 43.6 Å². The average Bonchev–Trinajstić information content (AvgIpc) is 2.87. The highest BCUT2D eigenvalue weighted by atomic mass is 32.2. The Hall–Kier alpha value is -0.620. The molecule has 5 nitrogen and oxygen atoms in total. The monoisotopic (exact) mass is 303 g/mol. The molecule has 4 atom stereocenters. The fraction of sp³-hybridized carbons (Fsp3) is 0.929. The van der Waals surface area contributed by atoms with E-state index in [1.54, 1.807) is 4.31 Å². The summed E-state index contributed by atoms with van der Waals surface area (Å²) < 4.78 is 32.1. The van der Waals surface area contributed by atoms with Gasteiger partial charge in [-0.2, -0.15) is 4.31 Å². The zero-order valence-electron chi connectivity index (χ0n) is 12.5. The minimum absolute atomic E-state index is 0.0302. The van der Waals surface area contributed by atoms with E-state index in [-0.39, 0.29) is 12.0 Å². The Balaban J connectivity index is 2.19. The maximum absolute atomic E-state index is 12.9. The van der Waals surface area contributed by atoms with Gasteiger partial charge in [0.2, 0.25) is 10.0 Å². The quantitative estimate of drug-likeness (QED) is 0.746. The summed E-state index contributed by atoms with van der Waals surface area (Å²) >= 11 is 0. The van der Waals surface area contributed by atoms with Crippen LogP contribution >= 0.6 is 0 Å². The van der Waals surface area contributed by atoms with Crippen LogP contribution in [0.4, 0.5) is 0 Å². The minimum atomic E-state index is -3.41. The second kappa shape index (κ2) is 6.02. The van der Waals surface area contributed by atoms with Crippen molar-refractivity contribution in [2.24, 2.45) is 11.8 Å².